The number of likely N-dealkylation sites (tertiary alicyclic amines) is 1. The summed E-state index contributed by atoms with van der Waals surface area (Å²) in [5.41, 5.74) is 4.35. The standard InChI is InChI=1S/C18H24N4O/c1-13-18(14(2)20-19-13)16-10-7-11-22(16)12-17(23)21(3)15-8-5-4-6-9-15/h4-6,8-9,16H,7,10-12H2,1-3H3,(H,19,20)/t16-/m0/s1. The van der Waals surface area contributed by atoms with Gasteiger partial charge in [0, 0.05) is 30.0 Å². The maximum absolute atomic E-state index is 12.6. The van der Waals surface area contributed by atoms with E-state index in [0.29, 0.717) is 12.6 Å². The number of aromatic amines is 1. The minimum absolute atomic E-state index is 0.127. The highest BCUT2D eigenvalue weighted by Gasteiger charge is 2.31. The molecule has 0 saturated carbocycles. The average molecular weight is 312 g/mol. The molecule has 3 rings (SSSR count). The zero-order valence-electron chi connectivity index (χ0n) is 14.0. The van der Waals surface area contributed by atoms with Gasteiger partial charge < -0.3 is 4.90 Å². The third-order valence-electron chi connectivity index (χ3n) is 4.74. The van der Waals surface area contributed by atoms with Crippen LogP contribution in [0, 0.1) is 13.8 Å². The minimum atomic E-state index is 0.127. The summed E-state index contributed by atoms with van der Waals surface area (Å²) in [5, 5.41) is 7.37. The molecule has 0 unspecified atom stereocenters. The average Bonchev–Trinajstić information content (AvgIpc) is 3.13. The Morgan fingerprint density at radius 3 is 2.74 bits per heavy atom. The van der Waals surface area contributed by atoms with Crippen molar-refractivity contribution in [3.8, 4) is 0 Å². The molecule has 122 valence electrons. The first kappa shape index (κ1) is 15.7. The number of H-pyrrole nitrogens is 1. The summed E-state index contributed by atoms with van der Waals surface area (Å²) < 4.78 is 0. The van der Waals surface area contributed by atoms with Crippen LogP contribution in [0.4, 0.5) is 5.69 Å². The number of rotatable bonds is 4. The van der Waals surface area contributed by atoms with Gasteiger partial charge in [0.25, 0.3) is 0 Å². The van der Waals surface area contributed by atoms with E-state index < -0.39 is 0 Å². The van der Waals surface area contributed by atoms with Gasteiger partial charge in [-0.2, -0.15) is 5.10 Å². The van der Waals surface area contributed by atoms with Crippen LogP contribution < -0.4 is 4.90 Å². The van der Waals surface area contributed by atoms with Crippen molar-refractivity contribution in [2.75, 3.05) is 25.0 Å². The second-order valence-corrected chi connectivity index (χ2v) is 6.26. The number of hydrogen-bond acceptors (Lipinski definition) is 3. The van der Waals surface area contributed by atoms with Crippen molar-refractivity contribution in [2.45, 2.75) is 32.7 Å². The molecule has 2 aromatic rings. The number of carbonyl (C=O) groups excluding carboxylic acids is 1. The lowest BCUT2D eigenvalue weighted by Crippen LogP contribution is -2.38. The first-order chi connectivity index (χ1) is 11.1. The van der Waals surface area contributed by atoms with E-state index in [-0.39, 0.29) is 5.91 Å². The molecule has 5 nitrogen and oxygen atoms in total. The largest absolute Gasteiger partial charge is 0.314 e. The van der Waals surface area contributed by atoms with Gasteiger partial charge >= 0.3 is 0 Å². The van der Waals surface area contributed by atoms with Gasteiger partial charge in [0.2, 0.25) is 5.91 Å². The Labute approximate surface area is 137 Å². The Morgan fingerprint density at radius 2 is 2.09 bits per heavy atom. The fraction of sp³-hybridized carbons (Fsp3) is 0.444. The number of amides is 1. The van der Waals surface area contributed by atoms with Gasteiger partial charge in [-0.1, -0.05) is 18.2 Å². The maximum Gasteiger partial charge on any atom is 0.240 e. The molecule has 1 saturated heterocycles. The van der Waals surface area contributed by atoms with E-state index in [4.69, 9.17) is 0 Å². The number of benzene rings is 1. The number of anilines is 1. The second kappa shape index (κ2) is 6.54. The van der Waals surface area contributed by atoms with Crippen LogP contribution in [0.25, 0.3) is 0 Å². The van der Waals surface area contributed by atoms with Crippen molar-refractivity contribution >= 4 is 11.6 Å². The molecule has 2 heterocycles. The molecule has 23 heavy (non-hydrogen) atoms. The third-order valence-corrected chi connectivity index (χ3v) is 4.74. The zero-order chi connectivity index (χ0) is 16.4. The van der Waals surface area contributed by atoms with Crippen LogP contribution >= 0.6 is 0 Å². The molecular weight excluding hydrogens is 288 g/mol. The zero-order valence-corrected chi connectivity index (χ0v) is 14.0. The highest BCUT2D eigenvalue weighted by molar-refractivity contribution is 5.94. The highest BCUT2D eigenvalue weighted by atomic mass is 16.2. The third kappa shape index (κ3) is 3.15. The van der Waals surface area contributed by atoms with Crippen LogP contribution in [0.5, 0.6) is 0 Å². The molecule has 1 aromatic carbocycles. The lowest BCUT2D eigenvalue weighted by atomic mass is 10.0. The molecule has 1 amide bonds. The van der Waals surface area contributed by atoms with Gasteiger partial charge in [0.05, 0.1) is 12.2 Å². The monoisotopic (exact) mass is 312 g/mol. The summed E-state index contributed by atoms with van der Waals surface area (Å²) in [4.78, 5) is 16.7. The molecule has 0 radical (unpaired) electrons. The van der Waals surface area contributed by atoms with E-state index >= 15 is 0 Å². The van der Waals surface area contributed by atoms with E-state index in [1.165, 1.54) is 5.56 Å². The summed E-state index contributed by atoms with van der Waals surface area (Å²) in [6.45, 7) is 5.50. The first-order valence-corrected chi connectivity index (χ1v) is 8.15. The van der Waals surface area contributed by atoms with Crippen LogP contribution in [0.15, 0.2) is 30.3 Å². The lowest BCUT2D eigenvalue weighted by Gasteiger charge is -2.27. The molecule has 1 N–H and O–H groups in total. The van der Waals surface area contributed by atoms with Crippen molar-refractivity contribution < 1.29 is 4.79 Å². The van der Waals surface area contributed by atoms with Gasteiger partial charge in [-0.3, -0.25) is 14.8 Å². The topological polar surface area (TPSA) is 52.2 Å². The molecule has 1 fully saturated rings. The van der Waals surface area contributed by atoms with Crippen molar-refractivity contribution in [1.29, 1.82) is 0 Å². The minimum Gasteiger partial charge on any atom is -0.314 e. The molecule has 1 aliphatic heterocycles. The second-order valence-electron chi connectivity index (χ2n) is 6.26. The fourth-order valence-electron chi connectivity index (χ4n) is 3.47. The SMILES string of the molecule is Cc1n[nH]c(C)c1[C@@H]1CCCN1CC(=O)N(C)c1ccccc1. The van der Waals surface area contributed by atoms with Crippen LogP contribution in [0.1, 0.15) is 35.8 Å². The Morgan fingerprint density at radius 1 is 1.35 bits per heavy atom. The number of nitrogens with one attached hydrogen (secondary N) is 1. The van der Waals surface area contributed by atoms with E-state index in [0.717, 1.165) is 36.5 Å². The predicted molar refractivity (Wildman–Crippen MR) is 91.5 cm³/mol. The molecule has 1 aromatic heterocycles. The number of nitrogens with zero attached hydrogens (tertiary/aromatic N) is 3. The molecule has 0 aliphatic carbocycles. The van der Waals surface area contributed by atoms with E-state index in [1.54, 1.807) is 4.90 Å². The number of para-hydroxylation sites is 1. The Bertz CT molecular complexity index is 660. The summed E-state index contributed by atoms with van der Waals surface area (Å²) in [6.07, 6.45) is 2.21. The summed E-state index contributed by atoms with van der Waals surface area (Å²) in [6, 6.07) is 10.1. The normalized spacial score (nSPS) is 18.3. The van der Waals surface area contributed by atoms with Gasteiger partial charge in [-0.25, -0.2) is 0 Å². The van der Waals surface area contributed by atoms with Crippen molar-refractivity contribution in [3.05, 3.63) is 47.3 Å². The quantitative estimate of drug-likeness (QED) is 0.944. The molecule has 1 atom stereocenters. The molecule has 1 aliphatic rings. The van der Waals surface area contributed by atoms with Crippen LogP contribution in [-0.2, 0) is 4.79 Å². The van der Waals surface area contributed by atoms with Crippen molar-refractivity contribution in [2.24, 2.45) is 0 Å². The first-order valence-electron chi connectivity index (χ1n) is 8.15. The Balaban J connectivity index is 1.73. The summed E-state index contributed by atoms with van der Waals surface area (Å²) in [5.74, 6) is 0.127. The van der Waals surface area contributed by atoms with Crippen LogP contribution in [-0.4, -0.2) is 41.1 Å². The number of likely N-dealkylation sites (N-methyl/N-ethyl adjacent to an activating group) is 1. The van der Waals surface area contributed by atoms with Gasteiger partial charge in [-0.15, -0.1) is 0 Å². The molecule has 0 bridgehead atoms. The van der Waals surface area contributed by atoms with E-state index in [2.05, 4.69) is 22.0 Å². The number of hydrogen-bond donors (Lipinski definition) is 1. The van der Waals surface area contributed by atoms with E-state index in [1.807, 2.05) is 44.3 Å². The van der Waals surface area contributed by atoms with Gasteiger partial charge in [0.1, 0.15) is 0 Å². The predicted octanol–water partition coefficient (Wildman–Crippen LogP) is 2.83. The maximum atomic E-state index is 12.6. The Kier molecular flexibility index (Phi) is 4.48. The number of carbonyl (C=O) groups is 1. The number of aromatic nitrogens is 2. The highest BCUT2D eigenvalue weighted by Crippen LogP contribution is 2.34. The van der Waals surface area contributed by atoms with Crippen LogP contribution in [0.3, 0.4) is 0 Å². The fourth-order valence-corrected chi connectivity index (χ4v) is 3.47. The molecule has 0 spiro atoms. The van der Waals surface area contributed by atoms with Crippen molar-refractivity contribution in [3.63, 3.8) is 0 Å². The summed E-state index contributed by atoms with van der Waals surface area (Å²) >= 11 is 0. The molecular formula is C18H24N4O. The van der Waals surface area contributed by atoms with Crippen LogP contribution in [0.2, 0.25) is 0 Å². The smallest absolute Gasteiger partial charge is 0.240 e. The van der Waals surface area contributed by atoms with Gasteiger partial charge in [-0.05, 0) is 45.4 Å². The number of aryl methyl sites for hydroxylation is 2. The molecule has 5 heteroatoms. The van der Waals surface area contributed by atoms with Crippen molar-refractivity contribution in [1.82, 2.24) is 15.1 Å². The van der Waals surface area contributed by atoms with E-state index in [9.17, 15) is 4.79 Å². The Hall–Kier alpha value is -2.14. The lowest BCUT2D eigenvalue weighted by molar-refractivity contribution is -0.119. The van der Waals surface area contributed by atoms with Gasteiger partial charge in [0.15, 0.2) is 0 Å². The summed E-state index contributed by atoms with van der Waals surface area (Å²) in [7, 11) is 1.84.